The summed E-state index contributed by atoms with van der Waals surface area (Å²) in [5.74, 6) is -0.473. The molecule has 154 valence electrons. The molecule has 3 N–H and O–H groups in total. The molecule has 0 aliphatic heterocycles. The minimum atomic E-state index is -0.505. The molecule has 9 heteroatoms. The minimum absolute atomic E-state index is 0.0909. The molecule has 2 amide bonds. The molecule has 8 nitrogen and oxygen atoms in total. The van der Waals surface area contributed by atoms with Crippen molar-refractivity contribution in [3.63, 3.8) is 0 Å². The average molecular weight is 423 g/mol. The van der Waals surface area contributed by atoms with Crippen LogP contribution < -0.4 is 16.2 Å². The number of anilines is 2. The van der Waals surface area contributed by atoms with E-state index in [1.165, 1.54) is 6.92 Å². The number of aromatic amines is 1. The molecule has 0 aliphatic carbocycles. The number of aryl methyl sites for hydroxylation is 1. The summed E-state index contributed by atoms with van der Waals surface area (Å²) in [6.45, 7) is 4.98. The normalized spacial score (nSPS) is 11.6. The number of hydrogen-bond acceptors (Lipinski definition) is 6. The zero-order valence-corrected chi connectivity index (χ0v) is 17.5. The maximum absolute atomic E-state index is 12.6. The van der Waals surface area contributed by atoms with Gasteiger partial charge in [-0.1, -0.05) is 41.6 Å². The Morgan fingerprint density at radius 1 is 1.07 bits per heavy atom. The molecule has 1 atom stereocenters. The molecule has 3 aromatic rings. The van der Waals surface area contributed by atoms with Crippen LogP contribution in [0.2, 0.25) is 0 Å². The van der Waals surface area contributed by atoms with Crippen LogP contribution in [0.1, 0.15) is 19.4 Å². The first-order chi connectivity index (χ1) is 14.3. The number of para-hydroxylation sites is 1. The summed E-state index contributed by atoms with van der Waals surface area (Å²) in [7, 11) is 0. The number of hydrogen-bond donors (Lipinski definition) is 3. The van der Waals surface area contributed by atoms with Gasteiger partial charge in [-0.05, 0) is 38.1 Å². The third-order valence-electron chi connectivity index (χ3n) is 4.12. The second-order valence-electron chi connectivity index (χ2n) is 6.65. The lowest BCUT2D eigenvalue weighted by Gasteiger charge is -2.12. The zero-order chi connectivity index (χ0) is 21.7. The fourth-order valence-electron chi connectivity index (χ4n) is 2.69. The van der Waals surface area contributed by atoms with E-state index in [1.807, 2.05) is 31.2 Å². The molecule has 0 aliphatic rings. The first kappa shape index (κ1) is 21.3. The van der Waals surface area contributed by atoms with Gasteiger partial charge in [-0.25, -0.2) is 0 Å². The van der Waals surface area contributed by atoms with Crippen molar-refractivity contribution in [3.8, 4) is 11.3 Å². The molecule has 0 saturated heterocycles. The molecule has 2 aromatic carbocycles. The highest BCUT2D eigenvalue weighted by atomic mass is 32.2. The predicted molar refractivity (Wildman–Crippen MR) is 118 cm³/mol. The highest BCUT2D eigenvalue weighted by molar-refractivity contribution is 8.00. The standard InChI is InChI=1S/C21H21N5O3S/c1-12-9-10-17(22-14(3)27)16(11-12)18-20(29)24-21(26-25-18)30-13(2)19(28)23-15-7-5-4-6-8-15/h4-11,13H,1-3H3,(H,22,27)(H,23,28)(H,24,26,29)/t13-/m1/s1. The topological polar surface area (TPSA) is 117 Å². The number of benzene rings is 2. The van der Waals surface area contributed by atoms with Gasteiger partial charge < -0.3 is 10.6 Å². The first-order valence-corrected chi connectivity index (χ1v) is 10.1. The molecule has 0 saturated carbocycles. The van der Waals surface area contributed by atoms with Crippen LogP contribution in [0.5, 0.6) is 0 Å². The van der Waals surface area contributed by atoms with E-state index >= 15 is 0 Å². The van der Waals surface area contributed by atoms with E-state index in [-0.39, 0.29) is 22.7 Å². The molecule has 0 radical (unpaired) electrons. The SMILES string of the molecule is CC(=O)Nc1ccc(C)cc1-c1nnc(S[C@H](C)C(=O)Nc2ccccc2)[nH]c1=O. The summed E-state index contributed by atoms with van der Waals surface area (Å²) in [4.78, 5) is 39.1. The van der Waals surface area contributed by atoms with Crippen molar-refractivity contribution in [3.05, 3.63) is 64.4 Å². The summed E-state index contributed by atoms with van der Waals surface area (Å²) in [6, 6.07) is 14.4. The number of aromatic nitrogens is 3. The highest BCUT2D eigenvalue weighted by Crippen LogP contribution is 2.26. The summed E-state index contributed by atoms with van der Waals surface area (Å²) >= 11 is 1.10. The Hall–Kier alpha value is -3.46. The second-order valence-corrected chi connectivity index (χ2v) is 7.98. The lowest BCUT2D eigenvalue weighted by Crippen LogP contribution is -2.23. The molecule has 30 heavy (non-hydrogen) atoms. The number of nitrogens with zero attached hydrogens (tertiary/aromatic N) is 2. The van der Waals surface area contributed by atoms with E-state index in [1.54, 1.807) is 31.2 Å². The summed E-state index contributed by atoms with van der Waals surface area (Å²) < 4.78 is 0. The molecule has 0 spiro atoms. The molecular weight excluding hydrogens is 402 g/mol. The van der Waals surface area contributed by atoms with Crippen molar-refractivity contribution >= 4 is 35.0 Å². The Balaban J connectivity index is 1.79. The van der Waals surface area contributed by atoms with Crippen LogP contribution >= 0.6 is 11.8 Å². The van der Waals surface area contributed by atoms with Gasteiger partial charge in [-0.2, -0.15) is 0 Å². The van der Waals surface area contributed by atoms with Gasteiger partial charge in [0.05, 0.1) is 10.9 Å². The second kappa shape index (κ2) is 9.36. The van der Waals surface area contributed by atoms with E-state index in [9.17, 15) is 14.4 Å². The van der Waals surface area contributed by atoms with Crippen molar-refractivity contribution in [2.45, 2.75) is 31.2 Å². The van der Waals surface area contributed by atoms with Crippen molar-refractivity contribution in [2.24, 2.45) is 0 Å². The zero-order valence-electron chi connectivity index (χ0n) is 16.7. The maximum Gasteiger partial charge on any atom is 0.278 e. The van der Waals surface area contributed by atoms with Gasteiger partial charge in [-0.15, -0.1) is 10.2 Å². The first-order valence-electron chi connectivity index (χ1n) is 9.21. The van der Waals surface area contributed by atoms with Gasteiger partial charge in [0.25, 0.3) is 5.56 Å². The fourth-order valence-corrected chi connectivity index (χ4v) is 3.43. The van der Waals surface area contributed by atoms with Gasteiger partial charge in [0.2, 0.25) is 11.8 Å². The number of carbonyl (C=O) groups excluding carboxylic acids is 2. The van der Waals surface area contributed by atoms with Gasteiger partial charge in [-0.3, -0.25) is 19.4 Å². The highest BCUT2D eigenvalue weighted by Gasteiger charge is 2.18. The van der Waals surface area contributed by atoms with Crippen molar-refractivity contribution in [1.29, 1.82) is 0 Å². The number of thioether (sulfide) groups is 1. The monoisotopic (exact) mass is 423 g/mol. The van der Waals surface area contributed by atoms with E-state index in [2.05, 4.69) is 25.8 Å². The lowest BCUT2D eigenvalue weighted by atomic mass is 10.1. The summed E-state index contributed by atoms with van der Waals surface area (Å²) in [5.41, 5.74) is 2.18. The van der Waals surface area contributed by atoms with Crippen LogP contribution in [0.15, 0.2) is 58.5 Å². The molecule has 0 unspecified atom stereocenters. The number of amides is 2. The average Bonchev–Trinajstić information content (AvgIpc) is 2.70. The van der Waals surface area contributed by atoms with Crippen LogP contribution in [0, 0.1) is 6.92 Å². The van der Waals surface area contributed by atoms with Gasteiger partial charge in [0, 0.05) is 18.2 Å². The Morgan fingerprint density at radius 3 is 2.47 bits per heavy atom. The van der Waals surface area contributed by atoms with Crippen LogP contribution in [0.3, 0.4) is 0 Å². The fraction of sp³-hybridized carbons (Fsp3) is 0.190. The van der Waals surface area contributed by atoms with Crippen molar-refractivity contribution in [1.82, 2.24) is 15.2 Å². The molecule has 1 aromatic heterocycles. The molecule has 0 fully saturated rings. The van der Waals surface area contributed by atoms with Crippen molar-refractivity contribution in [2.75, 3.05) is 10.6 Å². The minimum Gasteiger partial charge on any atom is -0.326 e. The number of rotatable bonds is 6. The molecule has 3 rings (SSSR count). The van der Waals surface area contributed by atoms with E-state index in [4.69, 9.17) is 0 Å². The van der Waals surface area contributed by atoms with Crippen LogP contribution in [0.25, 0.3) is 11.3 Å². The van der Waals surface area contributed by atoms with E-state index in [0.717, 1.165) is 17.3 Å². The third kappa shape index (κ3) is 5.32. The smallest absolute Gasteiger partial charge is 0.278 e. The van der Waals surface area contributed by atoms with Crippen LogP contribution in [-0.4, -0.2) is 32.2 Å². The van der Waals surface area contributed by atoms with Gasteiger partial charge in [0.15, 0.2) is 10.9 Å². The Bertz CT molecular complexity index is 1130. The Labute approximate surface area is 177 Å². The quantitative estimate of drug-likeness (QED) is 0.524. The van der Waals surface area contributed by atoms with E-state index in [0.29, 0.717) is 16.9 Å². The molecular formula is C21H21N5O3S. The van der Waals surface area contributed by atoms with E-state index < -0.39 is 10.8 Å². The summed E-state index contributed by atoms with van der Waals surface area (Å²) in [6.07, 6.45) is 0. The predicted octanol–water partition coefficient (Wildman–Crippen LogP) is 3.22. The number of H-pyrrole nitrogens is 1. The molecule has 1 heterocycles. The molecule has 0 bridgehead atoms. The Morgan fingerprint density at radius 2 is 1.80 bits per heavy atom. The van der Waals surface area contributed by atoms with Crippen LogP contribution in [-0.2, 0) is 9.59 Å². The van der Waals surface area contributed by atoms with Crippen molar-refractivity contribution < 1.29 is 9.59 Å². The van der Waals surface area contributed by atoms with Crippen LogP contribution in [0.4, 0.5) is 11.4 Å². The largest absolute Gasteiger partial charge is 0.326 e. The van der Waals surface area contributed by atoms with Gasteiger partial charge >= 0.3 is 0 Å². The summed E-state index contributed by atoms with van der Waals surface area (Å²) in [5, 5.41) is 13.3. The third-order valence-corrected chi connectivity index (χ3v) is 5.09. The number of carbonyl (C=O) groups is 2. The van der Waals surface area contributed by atoms with Gasteiger partial charge in [0.1, 0.15) is 0 Å². The lowest BCUT2D eigenvalue weighted by molar-refractivity contribution is -0.115. The maximum atomic E-state index is 12.6. The Kier molecular flexibility index (Phi) is 6.63. The number of nitrogens with one attached hydrogen (secondary N) is 3.